The number of nitrogens with zero attached hydrogens (tertiary/aromatic N) is 3. The van der Waals surface area contributed by atoms with Gasteiger partial charge in [0.05, 0.1) is 12.2 Å². The van der Waals surface area contributed by atoms with Crippen LogP contribution in [0.1, 0.15) is 17.2 Å². The summed E-state index contributed by atoms with van der Waals surface area (Å²) in [7, 11) is 1.71. The average Bonchev–Trinajstić information content (AvgIpc) is 2.22. The molecule has 0 saturated heterocycles. The van der Waals surface area contributed by atoms with Crippen LogP contribution in [0.2, 0.25) is 0 Å². The van der Waals surface area contributed by atoms with Crippen LogP contribution >= 0.6 is 0 Å². The van der Waals surface area contributed by atoms with Gasteiger partial charge in [0.15, 0.2) is 0 Å². The van der Waals surface area contributed by atoms with Crippen LogP contribution in [0.3, 0.4) is 0 Å². The van der Waals surface area contributed by atoms with Crippen molar-refractivity contribution < 1.29 is 13.2 Å². The molecule has 0 amide bonds. The van der Waals surface area contributed by atoms with Gasteiger partial charge in [0, 0.05) is 25.3 Å². The number of aromatic nitrogens is 2. The van der Waals surface area contributed by atoms with Crippen molar-refractivity contribution in [2.45, 2.75) is 26.6 Å². The van der Waals surface area contributed by atoms with Crippen LogP contribution in [-0.4, -0.2) is 47.7 Å². The summed E-state index contributed by atoms with van der Waals surface area (Å²) < 4.78 is 37.5. The van der Waals surface area contributed by atoms with E-state index in [9.17, 15) is 13.2 Å². The minimum atomic E-state index is -4.20. The third-order valence-electron chi connectivity index (χ3n) is 2.49. The highest BCUT2D eigenvalue weighted by Gasteiger charge is 2.30. The predicted octanol–water partition coefficient (Wildman–Crippen LogP) is 1.68. The number of rotatable bonds is 6. The molecule has 0 saturated carbocycles. The molecule has 0 aliphatic heterocycles. The van der Waals surface area contributed by atoms with Gasteiger partial charge in [0.2, 0.25) is 0 Å². The van der Waals surface area contributed by atoms with Gasteiger partial charge in [-0.2, -0.15) is 13.2 Å². The van der Waals surface area contributed by atoms with Crippen LogP contribution in [0, 0.1) is 13.8 Å². The van der Waals surface area contributed by atoms with Crippen LogP contribution in [0.15, 0.2) is 6.07 Å². The Bertz CT molecular complexity index is 386. The number of alkyl halides is 3. The molecule has 0 atom stereocenters. The molecular formula is C12H19F3N4. The molecule has 19 heavy (non-hydrogen) atoms. The summed E-state index contributed by atoms with van der Waals surface area (Å²) in [5, 5.41) is 2.85. The lowest BCUT2D eigenvalue weighted by Gasteiger charge is -2.23. The Labute approximate surface area is 111 Å². The molecule has 0 aliphatic carbocycles. The molecule has 1 heterocycles. The topological polar surface area (TPSA) is 41.0 Å². The van der Waals surface area contributed by atoms with E-state index in [0.29, 0.717) is 24.6 Å². The molecule has 108 valence electrons. The lowest BCUT2D eigenvalue weighted by molar-refractivity contribution is -0.147. The second-order valence-corrected chi connectivity index (χ2v) is 4.48. The molecule has 0 fully saturated rings. The van der Waals surface area contributed by atoms with Crippen molar-refractivity contribution in [1.82, 2.24) is 20.2 Å². The van der Waals surface area contributed by atoms with Gasteiger partial charge in [0.25, 0.3) is 0 Å². The van der Waals surface area contributed by atoms with Crippen molar-refractivity contribution in [3.05, 3.63) is 23.3 Å². The monoisotopic (exact) mass is 276 g/mol. The third kappa shape index (κ3) is 6.49. The van der Waals surface area contributed by atoms with Gasteiger partial charge >= 0.3 is 6.18 Å². The summed E-state index contributed by atoms with van der Waals surface area (Å²) in [6.07, 6.45) is -4.20. The van der Waals surface area contributed by atoms with Crippen molar-refractivity contribution in [2.24, 2.45) is 0 Å². The molecule has 7 heteroatoms. The van der Waals surface area contributed by atoms with E-state index in [-0.39, 0.29) is 6.54 Å². The highest BCUT2D eigenvalue weighted by Crippen LogP contribution is 2.17. The number of hydrogen-bond acceptors (Lipinski definition) is 4. The van der Waals surface area contributed by atoms with Crippen molar-refractivity contribution in [3.63, 3.8) is 0 Å². The first-order valence-electron chi connectivity index (χ1n) is 6.05. The van der Waals surface area contributed by atoms with E-state index in [0.717, 1.165) is 5.69 Å². The van der Waals surface area contributed by atoms with Gasteiger partial charge in [0.1, 0.15) is 5.82 Å². The summed E-state index contributed by atoms with van der Waals surface area (Å²) in [6.45, 7) is 3.59. The Balaban J connectivity index is 2.75. The molecule has 1 N–H and O–H groups in total. The Morgan fingerprint density at radius 2 is 1.95 bits per heavy atom. The second-order valence-electron chi connectivity index (χ2n) is 4.48. The zero-order valence-corrected chi connectivity index (χ0v) is 11.4. The second kappa shape index (κ2) is 6.81. The van der Waals surface area contributed by atoms with E-state index < -0.39 is 12.7 Å². The Morgan fingerprint density at radius 3 is 2.47 bits per heavy atom. The molecular weight excluding hydrogens is 257 g/mol. The van der Waals surface area contributed by atoms with Gasteiger partial charge in [-0.25, -0.2) is 9.97 Å². The van der Waals surface area contributed by atoms with Crippen LogP contribution in [0.4, 0.5) is 13.2 Å². The fourth-order valence-electron chi connectivity index (χ4n) is 1.84. The first-order chi connectivity index (χ1) is 8.80. The average molecular weight is 276 g/mol. The quantitative estimate of drug-likeness (QED) is 0.858. The smallest absolute Gasteiger partial charge is 0.318 e. The van der Waals surface area contributed by atoms with E-state index in [2.05, 4.69) is 15.3 Å². The van der Waals surface area contributed by atoms with Crippen LogP contribution in [-0.2, 0) is 6.54 Å². The van der Waals surface area contributed by atoms with Gasteiger partial charge in [-0.3, -0.25) is 4.90 Å². The molecule has 1 aromatic heterocycles. The van der Waals surface area contributed by atoms with Crippen molar-refractivity contribution in [3.8, 4) is 0 Å². The van der Waals surface area contributed by atoms with E-state index >= 15 is 0 Å². The van der Waals surface area contributed by atoms with Gasteiger partial charge in [-0.15, -0.1) is 0 Å². The summed E-state index contributed by atoms with van der Waals surface area (Å²) >= 11 is 0. The number of likely N-dealkylation sites (N-methyl/N-ethyl adjacent to an activating group) is 1. The Hall–Kier alpha value is -1.21. The maximum atomic E-state index is 12.5. The fourth-order valence-corrected chi connectivity index (χ4v) is 1.84. The highest BCUT2D eigenvalue weighted by molar-refractivity contribution is 5.09. The predicted molar refractivity (Wildman–Crippen MR) is 66.8 cm³/mol. The van der Waals surface area contributed by atoms with Gasteiger partial charge < -0.3 is 5.32 Å². The summed E-state index contributed by atoms with van der Waals surface area (Å²) in [5.74, 6) is 0.579. The number of hydrogen-bond donors (Lipinski definition) is 1. The first-order valence-corrected chi connectivity index (χ1v) is 6.05. The fraction of sp³-hybridized carbons (Fsp3) is 0.667. The van der Waals surface area contributed by atoms with E-state index in [1.165, 1.54) is 4.90 Å². The SMILES string of the molecule is CNCCN(Cc1cc(C)nc(C)n1)CC(F)(F)F. The lowest BCUT2D eigenvalue weighted by atomic mass is 10.3. The van der Waals surface area contributed by atoms with Gasteiger partial charge in [-0.1, -0.05) is 0 Å². The van der Waals surface area contributed by atoms with E-state index in [1.54, 1.807) is 27.0 Å². The maximum Gasteiger partial charge on any atom is 0.401 e. The summed E-state index contributed by atoms with van der Waals surface area (Å²) in [4.78, 5) is 9.62. The zero-order valence-electron chi connectivity index (χ0n) is 11.4. The maximum absolute atomic E-state index is 12.5. The minimum absolute atomic E-state index is 0.172. The molecule has 0 aliphatic rings. The van der Waals surface area contributed by atoms with E-state index in [1.807, 2.05) is 0 Å². The molecule has 1 rings (SSSR count). The van der Waals surface area contributed by atoms with Crippen LogP contribution < -0.4 is 5.32 Å². The standard InChI is InChI=1S/C12H19F3N4/c1-9-6-11(18-10(2)17-9)7-19(5-4-16-3)8-12(13,14)15/h6,16H,4-5,7-8H2,1-3H3. The van der Waals surface area contributed by atoms with Crippen LogP contribution in [0.25, 0.3) is 0 Å². The minimum Gasteiger partial charge on any atom is -0.318 e. The summed E-state index contributed by atoms with van der Waals surface area (Å²) in [5.41, 5.74) is 1.38. The lowest BCUT2D eigenvalue weighted by Crippen LogP contribution is -2.38. The number of aryl methyl sites for hydroxylation is 2. The molecule has 4 nitrogen and oxygen atoms in total. The molecule has 0 spiro atoms. The van der Waals surface area contributed by atoms with Crippen molar-refractivity contribution in [2.75, 3.05) is 26.7 Å². The highest BCUT2D eigenvalue weighted by atomic mass is 19.4. The molecule has 1 aromatic rings. The first kappa shape index (κ1) is 15.8. The zero-order chi connectivity index (χ0) is 14.5. The molecule has 0 unspecified atom stereocenters. The molecule has 0 aromatic carbocycles. The van der Waals surface area contributed by atoms with E-state index in [4.69, 9.17) is 0 Å². The van der Waals surface area contributed by atoms with Crippen molar-refractivity contribution in [1.29, 1.82) is 0 Å². The third-order valence-corrected chi connectivity index (χ3v) is 2.49. The number of nitrogens with one attached hydrogen (secondary N) is 1. The summed E-state index contributed by atoms with van der Waals surface area (Å²) in [6, 6.07) is 1.72. The van der Waals surface area contributed by atoms with Crippen molar-refractivity contribution >= 4 is 0 Å². The van der Waals surface area contributed by atoms with Gasteiger partial charge in [-0.05, 0) is 27.0 Å². The normalized spacial score (nSPS) is 12.2. The van der Waals surface area contributed by atoms with Crippen LogP contribution in [0.5, 0.6) is 0 Å². The molecule has 0 radical (unpaired) electrons. The largest absolute Gasteiger partial charge is 0.401 e. The Kier molecular flexibility index (Phi) is 5.68. The molecule has 0 bridgehead atoms. The number of halogens is 3. The Morgan fingerprint density at radius 1 is 1.26 bits per heavy atom.